The Labute approximate surface area is 213 Å². The lowest BCUT2D eigenvalue weighted by molar-refractivity contribution is -0.117. The van der Waals surface area contributed by atoms with E-state index >= 15 is 0 Å². The molecule has 0 spiro atoms. The molecule has 2 heterocycles. The summed E-state index contributed by atoms with van der Waals surface area (Å²) in [5.41, 5.74) is 4.40. The Kier molecular flexibility index (Phi) is 6.61. The zero-order valence-corrected chi connectivity index (χ0v) is 21.0. The van der Waals surface area contributed by atoms with E-state index in [9.17, 15) is 14.4 Å². The molecular formula is C28H26N4O3S. The van der Waals surface area contributed by atoms with Crippen LogP contribution in [0, 0.1) is 13.8 Å². The number of amides is 2. The van der Waals surface area contributed by atoms with Crippen LogP contribution in [0.1, 0.15) is 24.0 Å². The highest BCUT2D eigenvalue weighted by atomic mass is 32.2. The monoisotopic (exact) mass is 498 g/mol. The van der Waals surface area contributed by atoms with Crippen molar-refractivity contribution < 1.29 is 9.59 Å². The molecule has 182 valence electrons. The third kappa shape index (κ3) is 4.52. The number of rotatable bonds is 6. The molecule has 8 heteroatoms. The van der Waals surface area contributed by atoms with Crippen molar-refractivity contribution in [3.05, 3.63) is 88.2 Å². The first-order valence-corrected chi connectivity index (χ1v) is 12.8. The van der Waals surface area contributed by atoms with Crippen molar-refractivity contribution in [1.29, 1.82) is 0 Å². The lowest BCUT2D eigenvalue weighted by atomic mass is 10.1. The van der Waals surface area contributed by atoms with Crippen molar-refractivity contribution >= 4 is 45.9 Å². The first kappa shape index (κ1) is 23.8. The molecule has 4 aromatic rings. The van der Waals surface area contributed by atoms with Gasteiger partial charge in [-0.3, -0.25) is 19.0 Å². The molecule has 1 N–H and O–H groups in total. The van der Waals surface area contributed by atoms with E-state index in [2.05, 4.69) is 5.32 Å². The molecular weight excluding hydrogens is 472 g/mol. The first-order chi connectivity index (χ1) is 17.4. The van der Waals surface area contributed by atoms with E-state index < -0.39 is 0 Å². The number of anilines is 2. The summed E-state index contributed by atoms with van der Waals surface area (Å²) in [6.45, 7) is 4.56. The van der Waals surface area contributed by atoms with E-state index in [1.807, 2.05) is 62.4 Å². The van der Waals surface area contributed by atoms with Crippen LogP contribution in [0.25, 0.3) is 16.6 Å². The van der Waals surface area contributed by atoms with E-state index in [0.29, 0.717) is 40.4 Å². The lowest BCUT2D eigenvalue weighted by Crippen LogP contribution is -2.26. The van der Waals surface area contributed by atoms with Gasteiger partial charge in [0.1, 0.15) is 0 Å². The number of benzene rings is 3. The van der Waals surface area contributed by atoms with Gasteiger partial charge in [-0.25, -0.2) is 4.98 Å². The normalized spacial score (nSPS) is 13.4. The van der Waals surface area contributed by atoms with Gasteiger partial charge in [-0.1, -0.05) is 54.2 Å². The number of aryl methyl sites for hydroxylation is 2. The fourth-order valence-electron chi connectivity index (χ4n) is 4.60. The van der Waals surface area contributed by atoms with Crippen molar-refractivity contribution in [3.8, 4) is 5.69 Å². The number of thioether (sulfide) groups is 1. The van der Waals surface area contributed by atoms with Gasteiger partial charge in [-0.2, -0.15) is 0 Å². The van der Waals surface area contributed by atoms with Crippen LogP contribution in [0.15, 0.2) is 76.7 Å². The minimum atomic E-state index is -0.241. The molecule has 0 saturated carbocycles. The maximum Gasteiger partial charge on any atom is 0.266 e. The van der Waals surface area contributed by atoms with Crippen LogP contribution >= 0.6 is 11.8 Å². The van der Waals surface area contributed by atoms with Crippen molar-refractivity contribution in [2.45, 2.75) is 31.8 Å². The Bertz CT molecular complexity index is 1530. The van der Waals surface area contributed by atoms with Crippen LogP contribution in [-0.4, -0.2) is 33.7 Å². The first-order valence-electron chi connectivity index (χ1n) is 11.8. The van der Waals surface area contributed by atoms with E-state index in [1.54, 1.807) is 27.7 Å². The average molecular weight is 499 g/mol. The molecule has 0 bridgehead atoms. The van der Waals surface area contributed by atoms with E-state index in [1.165, 1.54) is 11.8 Å². The van der Waals surface area contributed by atoms with E-state index in [0.717, 1.165) is 23.2 Å². The van der Waals surface area contributed by atoms with Gasteiger partial charge in [-0.15, -0.1) is 0 Å². The highest BCUT2D eigenvalue weighted by Crippen LogP contribution is 2.30. The third-order valence-electron chi connectivity index (χ3n) is 6.28. The Morgan fingerprint density at radius 3 is 2.44 bits per heavy atom. The quantitative estimate of drug-likeness (QED) is 0.303. The summed E-state index contributed by atoms with van der Waals surface area (Å²) in [7, 11) is 0. The summed E-state index contributed by atoms with van der Waals surface area (Å²) in [5, 5.41) is 3.92. The van der Waals surface area contributed by atoms with Crippen molar-refractivity contribution in [2.75, 3.05) is 22.5 Å². The zero-order valence-electron chi connectivity index (χ0n) is 20.2. The van der Waals surface area contributed by atoms with Crippen LogP contribution in [0.5, 0.6) is 0 Å². The Morgan fingerprint density at radius 1 is 0.972 bits per heavy atom. The number of para-hydroxylation sites is 4. The SMILES string of the molecule is Cc1cccc(C)c1-n1c(SCC(=O)Nc2ccccc2N2CCCC2=O)nc2ccccc2c1=O. The predicted molar refractivity (Wildman–Crippen MR) is 144 cm³/mol. The van der Waals surface area contributed by atoms with Crippen LogP contribution in [0.3, 0.4) is 0 Å². The van der Waals surface area contributed by atoms with Gasteiger partial charge in [0.15, 0.2) is 5.16 Å². The van der Waals surface area contributed by atoms with Crippen LogP contribution in [0.2, 0.25) is 0 Å². The van der Waals surface area contributed by atoms with E-state index in [-0.39, 0.29) is 23.1 Å². The van der Waals surface area contributed by atoms with Gasteiger partial charge in [-0.05, 0) is 55.7 Å². The minimum Gasteiger partial charge on any atom is -0.324 e. The maximum absolute atomic E-state index is 13.6. The largest absolute Gasteiger partial charge is 0.324 e. The van der Waals surface area contributed by atoms with Gasteiger partial charge >= 0.3 is 0 Å². The van der Waals surface area contributed by atoms with Gasteiger partial charge in [0.05, 0.1) is 33.7 Å². The molecule has 1 saturated heterocycles. The summed E-state index contributed by atoms with van der Waals surface area (Å²) in [5.74, 6) is -0.128. The highest BCUT2D eigenvalue weighted by Gasteiger charge is 2.24. The van der Waals surface area contributed by atoms with Crippen molar-refractivity contribution in [3.63, 3.8) is 0 Å². The fraction of sp³-hybridized carbons (Fsp3) is 0.214. The maximum atomic E-state index is 13.6. The average Bonchev–Trinajstić information content (AvgIpc) is 3.30. The van der Waals surface area contributed by atoms with Crippen molar-refractivity contribution in [2.24, 2.45) is 0 Å². The number of fused-ring (bicyclic) bond motifs is 1. The molecule has 1 aromatic heterocycles. The number of hydrogen-bond donors (Lipinski definition) is 1. The molecule has 0 radical (unpaired) electrons. The minimum absolute atomic E-state index is 0.0536. The molecule has 1 aliphatic heterocycles. The molecule has 0 atom stereocenters. The summed E-state index contributed by atoms with van der Waals surface area (Å²) < 4.78 is 1.61. The Morgan fingerprint density at radius 2 is 1.69 bits per heavy atom. The molecule has 3 aromatic carbocycles. The molecule has 7 nitrogen and oxygen atoms in total. The lowest BCUT2D eigenvalue weighted by Gasteiger charge is -2.20. The number of carbonyl (C=O) groups excluding carboxylic acids is 2. The van der Waals surface area contributed by atoms with Gasteiger partial charge < -0.3 is 10.2 Å². The number of hydrogen-bond acceptors (Lipinski definition) is 5. The molecule has 0 unspecified atom stereocenters. The summed E-state index contributed by atoms with van der Waals surface area (Å²) >= 11 is 1.21. The summed E-state index contributed by atoms with van der Waals surface area (Å²) in [6, 6.07) is 20.4. The third-order valence-corrected chi connectivity index (χ3v) is 7.22. The van der Waals surface area contributed by atoms with Gasteiger partial charge in [0, 0.05) is 13.0 Å². The summed E-state index contributed by atoms with van der Waals surface area (Å²) in [4.78, 5) is 45.3. The second-order valence-corrected chi connectivity index (χ2v) is 9.74. The van der Waals surface area contributed by atoms with Gasteiger partial charge in [0.2, 0.25) is 11.8 Å². The number of nitrogens with zero attached hydrogens (tertiary/aromatic N) is 3. The number of carbonyl (C=O) groups is 2. The second kappa shape index (κ2) is 9.99. The van der Waals surface area contributed by atoms with Crippen LogP contribution in [0.4, 0.5) is 11.4 Å². The van der Waals surface area contributed by atoms with Gasteiger partial charge in [0.25, 0.3) is 5.56 Å². The smallest absolute Gasteiger partial charge is 0.266 e. The molecule has 5 rings (SSSR count). The molecule has 0 aliphatic carbocycles. The van der Waals surface area contributed by atoms with Crippen molar-refractivity contribution in [1.82, 2.24) is 9.55 Å². The standard InChI is InChI=1S/C28H26N4O3S/c1-18-9-7-10-19(2)26(18)32-27(35)20-11-3-4-12-21(20)30-28(32)36-17-24(33)29-22-13-5-6-14-23(22)31-16-8-15-25(31)34/h3-7,9-14H,8,15-17H2,1-2H3,(H,29,33). The summed E-state index contributed by atoms with van der Waals surface area (Å²) in [6.07, 6.45) is 1.32. The zero-order chi connectivity index (χ0) is 25.2. The molecule has 1 aliphatic rings. The van der Waals surface area contributed by atoms with Crippen LogP contribution in [-0.2, 0) is 9.59 Å². The number of aromatic nitrogens is 2. The topological polar surface area (TPSA) is 84.3 Å². The van der Waals surface area contributed by atoms with E-state index in [4.69, 9.17) is 4.98 Å². The predicted octanol–water partition coefficient (Wildman–Crippen LogP) is 4.86. The number of nitrogens with one attached hydrogen (secondary N) is 1. The second-order valence-electron chi connectivity index (χ2n) is 8.80. The molecule has 36 heavy (non-hydrogen) atoms. The Hall–Kier alpha value is -3.91. The highest BCUT2D eigenvalue weighted by molar-refractivity contribution is 7.99. The molecule has 1 fully saturated rings. The molecule has 2 amide bonds. The Balaban J connectivity index is 1.46. The fourth-order valence-corrected chi connectivity index (χ4v) is 5.40. The van der Waals surface area contributed by atoms with Crippen LogP contribution < -0.4 is 15.8 Å².